The molecule has 0 saturated heterocycles. The summed E-state index contributed by atoms with van der Waals surface area (Å²) in [4.78, 5) is 28.3. The van der Waals surface area contributed by atoms with Crippen LogP contribution in [0.25, 0.3) is 0 Å². The molecule has 8 heteroatoms. The number of amides is 1. The van der Waals surface area contributed by atoms with E-state index in [1.54, 1.807) is 12.1 Å². The Morgan fingerprint density at radius 2 is 2.04 bits per heavy atom. The van der Waals surface area contributed by atoms with Gasteiger partial charge in [-0.05, 0) is 17.7 Å². The normalized spacial score (nSPS) is 10.6. The van der Waals surface area contributed by atoms with Crippen LogP contribution in [0.1, 0.15) is 21.9 Å². The van der Waals surface area contributed by atoms with E-state index in [1.807, 2.05) is 0 Å². The topological polar surface area (TPSA) is 93.5 Å². The lowest BCUT2D eigenvalue weighted by molar-refractivity contribution is 0.0953. The minimum absolute atomic E-state index is 0.167. The Morgan fingerprint density at radius 3 is 2.62 bits per heavy atom. The van der Waals surface area contributed by atoms with Gasteiger partial charge in [0.15, 0.2) is 5.69 Å². The highest BCUT2D eigenvalue weighted by Gasteiger charge is 2.20. The van der Waals surface area contributed by atoms with Crippen LogP contribution in [0.15, 0.2) is 29.1 Å². The van der Waals surface area contributed by atoms with Crippen LogP contribution < -0.4 is 10.9 Å². The molecule has 0 aliphatic heterocycles. The van der Waals surface area contributed by atoms with Crippen LogP contribution >= 0.6 is 0 Å². The van der Waals surface area contributed by atoms with Crippen molar-refractivity contribution >= 4 is 5.91 Å². The van der Waals surface area contributed by atoms with Crippen LogP contribution in [0.4, 0.5) is 4.39 Å². The largest absolute Gasteiger partial charge is 0.501 e. The molecule has 0 aliphatic rings. The maximum atomic E-state index is 13.0. The number of aromatic hydroxyl groups is 1. The zero-order valence-electron chi connectivity index (χ0n) is 13.4. The zero-order chi connectivity index (χ0) is 17.7. The first kappa shape index (κ1) is 17.6. The van der Waals surface area contributed by atoms with Crippen molar-refractivity contribution in [3.63, 3.8) is 0 Å². The van der Waals surface area contributed by atoms with Crippen LogP contribution in [0.3, 0.4) is 0 Å². The van der Waals surface area contributed by atoms with E-state index in [0.717, 1.165) is 0 Å². The lowest BCUT2D eigenvalue weighted by Gasteiger charge is -2.14. The molecule has 0 aliphatic carbocycles. The van der Waals surface area contributed by atoms with Crippen molar-refractivity contribution in [3.05, 3.63) is 57.5 Å². The molecule has 0 fully saturated rings. The van der Waals surface area contributed by atoms with E-state index in [-0.39, 0.29) is 36.9 Å². The summed E-state index contributed by atoms with van der Waals surface area (Å²) in [7, 11) is 2.86. The first-order chi connectivity index (χ1) is 11.5. The minimum atomic E-state index is -0.724. The van der Waals surface area contributed by atoms with Gasteiger partial charge in [0.2, 0.25) is 5.75 Å². The van der Waals surface area contributed by atoms with Gasteiger partial charge < -0.3 is 15.2 Å². The summed E-state index contributed by atoms with van der Waals surface area (Å²) in [5, 5.41) is 12.3. The first-order valence-corrected chi connectivity index (χ1v) is 7.26. The highest BCUT2D eigenvalue weighted by atomic mass is 19.1. The number of hydrogen-bond acceptors (Lipinski definition) is 5. The van der Waals surface area contributed by atoms with E-state index >= 15 is 0 Å². The standard InChI is InChI=1S/C16H18FN3O4/c1-18-15(22)13-14(21)16(23)20(7-8-24-2)12(19-13)9-10-3-5-11(17)6-4-10/h3-6,21H,7-9H2,1-2H3,(H,18,22). The smallest absolute Gasteiger partial charge is 0.296 e. The SMILES string of the molecule is CNC(=O)c1nc(Cc2ccc(F)cc2)n(CCOC)c(=O)c1O. The molecule has 2 N–H and O–H groups in total. The van der Waals surface area contributed by atoms with Gasteiger partial charge in [-0.15, -0.1) is 0 Å². The van der Waals surface area contributed by atoms with Crippen molar-refractivity contribution in [2.24, 2.45) is 0 Å². The third-order valence-corrected chi connectivity index (χ3v) is 3.46. The number of halogens is 1. The molecule has 1 heterocycles. The maximum absolute atomic E-state index is 13.0. The fourth-order valence-corrected chi connectivity index (χ4v) is 2.20. The predicted octanol–water partition coefficient (Wildman–Crippen LogP) is 0.685. The Labute approximate surface area is 137 Å². The molecular formula is C16H18FN3O4. The van der Waals surface area contributed by atoms with Crippen LogP contribution in [0.5, 0.6) is 5.75 Å². The van der Waals surface area contributed by atoms with Crippen molar-refractivity contribution in [1.29, 1.82) is 0 Å². The van der Waals surface area contributed by atoms with Gasteiger partial charge in [0.05, 0.1) is 13.2 Å². The lowest BCUT2D eigenvalue weighted by Crippen LogP contribution is -2.31. The molecule has 2 rings (SSSR count). The molecule has 0 radical (unpaired) electrons. The number of carbonyl (C=O) groups excluding carboxylic acids is 1. The van der Waals surface area contributed by atoms with Crippen LogP contribution in [-0.4, -0.2) is 41.3 Å². The second-order valence-corrected chi connectivity index (χ2v) is 5.06. The predicted molar refractivity (Wildman–Crippen MR) is 84.6 cm³/mol. The molecule has 0 bridgehead atoms. The van der Waals surface area contributed by atoms with Gasteiger partial charge in [0.1, 0.15) is 11.6 Å². The molecule has 0 unspecified atom stereocenters. The van der Waals surface area contributed by atoms with Crippen molar-refractivity contribution in [1.82, 2.24) is 14.9 Å². The zero-order valence-corrected chi connectivity index (χ0v) is 13.4. The number of rotatable bonds is 6. The average molecular weight is 335 g/mol. The van der Waals surface area contributed by atoms with Crippen molar-refractivity contribution in [3.8, 4) is 5.75 Å². The molecule has 24 heavy (non-hydrogen) atoms. The quantitative estimate of drug-likeness (QED) is 0.810. The van der Waals surface area contributed by atoms with Crippen LogP contribution in [0, 0.1) is 5.82 Å². The minimum Gasteiger partial charge on any atom is -0.501 e. The highest BCUT2D eigenvalue weighted by molar-refractivity contribution is 5.94. The molecule has 7 nitrogen and oxygen atoms in total. The summed E-state index contributed by atoms with van der Waals surface area (Å²) in [5.74, 6) is -1.47. The molecule has 2 aromatic rings. The van der Waals surface area contributed by atoms with Crippen molar-refractivity contribution < 1.29 is 19.0 Å². The number of aromatic nitrogens is 2. The number of carbonyl (C=O) groups is 1. The summed E-state index contributed by atoms with van der Waals surface area (Å²) in [6, 6.07) is 5.73. The second-order valence-electron chi connectivity index (χ2n) is 5.06. The fourth-order valence-electron chi connectivity index (χ4n) is 2.20. The number of nitrogens with zero attached hydrogens (tertiary/aromatic N) is 2. The summed E-state index contributed by atoms with van der Waals surface area (Å²) < 4.78 is 19.2. The molecular weight excluding hydrogens is 317 g/mol. The molecule has 128 valence electrons. The maximum Gasteiger partial charge on any atom is 0.296 e. The number of benzene rings is 1. The van der Waals surface area contributed by atoms with E-state index < -0.39 is 17.2 Å². The number of ether oxygens (including phenoxy) is 1. The van der Waals surface area contributed by atoms with E-state index in [1.165, 1.54) is 30.9 Å². The van der Waals surface area contributed by atoms with Gasteiger partial charge in [-0.1, -0.05) is 12.1 Å². The summed E-state index contributed by atoms with van der Waals surface area (Å²) in [6.07, 6.45) is 0.198. The van der Waals surface area contributed by atoms with E-state index in [0.29, 0.717) is 5.56 Å². The molecule has 1 amide bonds. The molecule has 0 spiro atoms. The van der Waals surface area contributed by atoms with Gasteiger partial charge >= 0.3 is 0 Å². The lowest BCUT2D eigenvalue weighted by atomic mass is 10.1. The van der Waals surface area contributed by atoms with Gasteiger partial charge in [-0.3, -0.25) is 14.2 Å². The fraction of sp³-hybridized carbons (Fsp3) is 0.312. The van der Waals surface area contributed by atoms with Gasteiger partial charge in [-0.25, -0.2) is 9.37 Å². The van der Waals surface area contributed by atoms with Crippen molar-refractivity contribution in [2.75, 3.05) is 20.8 Å². The molecule has 1 aromatic heterocycles. The van der Waals surface area contributed by atoms with Gasteiger partial charge in [0.25, 0.3) is 11.5 Å². The molecule has 0 atom stereocenters. The Hall–Kier alpha value is -2.74. The molecule has 0 saturated carbocycles. The Kier molecular flexibility index (Phi) is 5.64. The highest BCUT2D eigenvalue weighted by Crippen LogP contribution is 2.14. The van der Waals surface area contributed by atoms with Gasteiger partial charge in [0, 0.05) is 20.6 Å². The Morgan fingerprint density at radius 1 is 1.38 bits per heavy atom. The average Bonchev–Trinajstić information content (AvgIpc) is 2.59. The van der Waals surface area contributed by atoms with Gasteiger partial charge in [-0.2, -0.15) is 0 Å². The van der Waals surface area contributed by atoms with E-state index in [4.69, 9.17) is 4.74 Å². The third kappa shape index (κ3) is 3.77. The number of hydrogen-bond donors (Lipinski definition) is 2. The van der Waals surface area contributed by atoms with Crippen LogP contribution in [-0.2, 0) is 17.7 Å². The number of nitrogens with one attached hydrogen (secondary N) is 1. The second kappa shape index (κ2) is 7.69. The van der Waals surface area contributed by atoms with E-state index in [9.17, 15) is 19.1 Å². The van der Waals surface area contributed by atoms with Crippen LogP contribution in [0.2, 0.25) is 0 Å². The molecule has 1 aromatic carbocycles. The first-order valence-electron chi connectivity index (χ1n) is 7.26. The van der Waals surface area contributed by atoms with E-state index in [2.05, 4.69) is 10.3 Å². The summed E-state index contributed by atoms with van der Waals surface area (Å²) >= 11 is 0. The monoisotopic (exact) mass is 335 g/mol. The Balaban J connectivity index is 2.52. The number of methoxy groups -OCH3 is 1. The van der Waals surface area contributed by atoms with Crippen molar-refractivity contribution in [2.45, 2.75) is 13.0 Å². The Bertz CT molecular complexity index is 787. The third-order valence-electron chi connectivity index (χ3n) is 3.46. The summed E-state index contributed by atoms with van der Waals surface area (Å²) in [6.45, 7) is 0.400. The summed E-state index contributed by atoms with van der Waals surface area (Å²) in [5.41, 5.74) is -0.353.